The van der Waals surface area contributed by atoms with Crippen LogP contribution < -0.4 is 4.90 Å². The number of rotatable bonds is 0. The van der Waals surface area contributed by atoms with Crippen LogP contribution in [0.3, 0.4) is 0 Å². The minimum atomic E-state index is -0.786. The maximum atomic E-state index is 13.0. The fraction of sp³-hybridized carbons (Fsp3) is 0.600. The molecule has 0 bridgehead atoms. The van der Waals surface area contributed by atoms with E-state index in [1.54, 1.807) is 0 Å². The number of nitrogens with zero attached hydrogens (tertiary/aromatic N) is 1. The first-order valence-electron chi connectivity index (χ1n) is 8.95. The van der Waals surface area contributed by atoms with Crippen LogP contribution in [0.15, 0.2) is 24.3 Å². The van der Waals surface area contributed by atoms with Crippen LogP contribution in [0.25, 0.3) is 0 Å². The summed E-state index contributed by atoms with van der Waals surface area (Å²) in [6.07, 6.45) is 3.59. The molecule has 3 heteroatoms. The van der Waals surface area contributed by atoms with Gasteiger partial charge in [0.25, 0.3) is 0 Å². The van der Waals surface area contributed by atoms with Gasteiger partial charge in [-0.15, -0.1) is 0 Å². The molecule has 0 unspecified atom stereocenters. The molecule has 1 saturated heterocycles. The molecule has 2 aliphatic heterocycles. The number of piperidine rings is 1. The van der Waals surface area contributed by atoms with E-state index in [1.165, 1.54) is 11.3 Å². The lowest BCUT2D eigenvalue weighted by Crippen LogP contribution is -2.66. The normalized spacial score (nSPS) is 32.6. The average molecular weight is 311 g/mol. The van der Waals surface area contributed by atoms with Crippen LogP contribution in [0.1, 0.15) is 45.1 Å². The van der Waals surface area contributed by atoms with Crippen molar-refractivity contribution in [3.05, 3.63) is 29.8 Å². The highest BCUT2D eigenvalue weighted by molar-refractivity contribution is 6.11. The Hall–Kier alpha value is -1.64. The Morgan fingerprint density at radius 1 is 1.09 bits per heavy atom. The average Bonchev–Trinajstić information content (AvgIpc) is 2.52. The van der Waals surface area contributed by atoms with Crippen molar-refractivity contribution in [1.82, 2.24) is 0 Å². The van der Waals surface area contributed by atoms with Gasteiger partial charge in [-0.05, 0) is 42.7 Å². The second-order valence-electron chi connectivity index (χ2n) is 7.89. The molecule has 0 amide bonds. The van der Waals surface area contributed by atoms with Crippen molar-refractivity contribution < 1.29 is 9.59 Å². The number of ketones is 2. The molecule has 23 heavy (non-hydrogen) atoms. The Bertz CT molecular complexity index is 649. The molecule has 0 aromatic heterocycles. The smallest absolute Gasteiger partial charge is 0.148 e. The highest BCUT2D eigenvalue weighted by Crippen LogP contribution is 2.51. The lowest BCUT2D eigenvalue weighted by molar-refractivity contribution is -0.147. The third-order valence-electron chi connectivity index (χ3n) is 6.24. The topological polar surface area (TPSA) is 37.4 Å². The summed E-state index contributed by atoms with van der Waals surface area (Å²) in [6.45, 7) is 5.47. The van der Waals surface area contributed by atoms with E-state index in [0.29, 0.717) is 31.1 Å². The third kappa shape index (κ3) is 2.02. The van der Waals surface area contributed by atoms with Crippen LogP contribution in [0, 0.1) is 17.3 Å². The summed E-state index contributed by atoms with van der Waals surface area (Å²) in [5, 5.41) is 0. The monoisotopic (exact) mass is 311 g/mol. The van der Waals surface area contributed by atoms with Gasteiger partial charge in [0.05, 0.1) is 6.04 Å². The van der Waals surface area contributed by atoms with Crippen molar-refractivity contribution in [3.63, 3.8) is 0 Å². The van der Waals surface area contributed by atoms with Crippen molar-refractivity contribution in [3.8, 4) is 0 Å². The molecule has 0 radical (unpaired) electrons. The van der Waals surface area contributed by atoms with Gasteiger partial charge in [0.15, 0.2) is 0 Å². The number of hydrogen-bond donors (Lipinski definition) is 0. The van der Waals surface area contributed by atoms with E-state index in [9.17, 15) is 9.59 Å². The van der Waals surface area contributed by atoms with Gasteiger partial charge in [0.1, 0.15) is 17.0 Å². The second-order valence-corrected chi connectivity index (χ2v) is 7.89. The number of hydrogen-bond acceptors (Lipinski definition) is 3. The Morgan fingerprint density at radius 3 is 2.52 bits per heavy atom. The van der Waals surface area contributed by atoms with E-state index in [-0.39, 0.29) is 17.6 Å². The predicted molar refractivity (Wildman–Crippen MR) is 90.5 cm³/mol. The first kappa shape index (κ1) is 14.9. The molecule has 2 fully saturated rings. The number of fused-ring (bicyclic) bond motifs is 4. The second kappa shape index (κ2) is 5.19. The van der Waals surface area contributed by atoms with Gasteiger partial charge in [-0.2, -0.15) is 0 Å². The molecule has 1 saturated carbocycles. The molecule has 1 spiro atoms. The first-order valence-corrected chi connectivity index (χ1v) is 8.95. The van der Waals surface area contributed by atoms with Crippen molar-refractivity contribution >= 4 is 17.3 Å². The summed E-state index contributed by atoms with van der Waals surface area (Å²) in [4.78, 5) is 28.5. The predicted octanol–water partition coefficient (Wildman–Crippen LogP) is 3.40. The highest BCUT2D eigenvalue weighted by Gasteiger charge is 2.59. The third-order valence-corrected chi connectivity index (χ3v) is 6.24. The van der Waals surface area contributed by atoms with Crippen molar-refractivity contribution in [2.24, 2.45) is 17.3 Å². The molecular weight excluding hydrogens is 286 g/mol. The highest BCUT2D eigenvalue weighted by atomic mass is 16.2. The zero-order valence-corrected chi connectivity index (χ0v) is 14.0. The zero-order valence-electron chi connectivity index (χ0n) is 14.0. The van der Waals surface area contributed by atoms with Gasteiger partial charge in [0.2, 0.25) is 0 Å². The lowest BCUT2D eigenvalue weighted by atomic mass is 9.57. The molecule has 1 aliphatic carbocycles. The fourth-order valence-electron chi connectivity index (χ4n) is 5.48. The molecule has 1 aromatic rings. The Morgan fingerprint density at radius 2 is 1.78 bits per heavy atom. The number of anilines is 1. The molecule has 3 aliphatic rings. The quantitative estimate of drug-likeness (QED) is 0.689. The molecule has 3 nitrogen and oxygen atoms in total. The Labute approximate surface area is 138 Å². The van der Waals surface area contributed by atoms with E-state index >= 15 is 0 Å². The van der Waals surface area contributed by atoms with E-state index in [4.69, 9.17) is 0 Å². The van der Waals surface area contributed by atoms with E-state index in [2.05, 4.69) is 36.9 Å². The maximum absolute atomic E-state index is 13.0. The van der Waals surface area contributed by atoms with E-state index in [0.717, 1.165) is 19.4 Å². The number of para-hydroxylation sites is 1. The zero-order chi connectivity index (χ0) is 16.2. The summed E-state index contributed by atoms with van der Waals surface area (Å²) < 4.78 is 0. The Balaban J connectivity index is 1.91. The maximum Gasteiger partial charge on any atom is 0.148 e. The first-order chi connectivity index (χ1) is 11.0. The van der Waals surface area contributed by atoms with Crippen LogP contribution in [-0.2, 0) is 16.0 Å². The largest absolute Gasteiger partial charge is 0.366 e. The van der Waals surface area contributed by atoms with E-state index < -0.39 is 5.41 Å². The fourth-order valence-corrected chi connectivity index (χ4v) is 5.48. The van der Waals surface area contributed by atoms with Crippen LogP contribution in [-0.4, -0.2) is 24.2 Å². The number of Topliss-reactive ketones (excluding diaryl/α,β-unsaturated/α-hetero) is 2. The summed E-state index contributed by atoms with van der Waals surface area (Å²) in [5.74, 6) is 1.36. The molecule has 0 N–H and O–H groups in total. The van der Waals surface area contributed by atoms with Gasteiger partial charge < -0.3 is 4.90 Å². The van der Waals surface area contributed by atoms with Crippen molar-refractivity contribution in [2.45, 2.75) is 52.0 Å². The standard InChI is InChI=1S/C20H25NO2/c1-13-10-14(2)19-20(17(22)8-5-9-18(20)23)11-15-6-3-4-7-16(15)21(19)12-13/h3-4,6-7,13-14,19H,5,8-12H2,1-2H3/t13-,14+,19+/m1/s1. The number of carbonyl (C=O) groups excluding carboxylic acids is 2. The van der Waals surface area contributed by atoms with Crippen LogP contribution >= 0.6 is 0 Å². The molecular formula is C20H25NO2. The lowest BCUT2D eigenvalue weighted by Gasteiger charge is -2.56. The van der Waals surface area contributed by atoms with Crippen LogP contribution in [0.2, 0.25) is 0 Å². The molecule has 2 heterocycles. The SMILES string of the molecule is C[C@@H]1C[C@H](C)[C@@H]2N(C1)c1ccccc1CC21C(=O)CCCC1=O. The number of benzene rings is 1. The van der Waals surface area contributed by atoms with Gasteiger partial charge >= 0.3 is 0 Å². The number of carbonyl (C=O) groups is 2. The molecule has 3 atom stereocenters. The minimum absolute atomic E-state index is 0.0499. The van der Waals surface area contributed by atoms with Gasteiger partial charge in [-0.3, -0.25) is 9.59 Å². The van der Waals surface area contributed by atoms with Gasteiger partial charge in [-0.25, -0.2) is 0 Å². The van der Waals surface area contributed by atoms with E-state index in [1.807, 2.05) is 6.07 Å². The van der Waals surface area contributed by atoms with Crippen LogP contribution in [0.4, 0.5) is 5.69 Å². The summed E-state index contributed by atoms with van der Waals surface area (Å²) in [7, 11) is 0. The Kier molecular flexibility index (Phi) is 3.36. The van der Waals surface area contributed by atoms with Crippen molar-refractivity contribution in [1.29, 1.82) is 0 Å². The summed E-state index contributed by atoms with van der Waals surface area (Å²) >= 11 is 0. The van der Waals surface area contributed by atoms with Crippen LogP contribution in [0.5, 0.6) is 0 Å². The van der Waals surface area contributed by atoms with Crippen molar-refractivity contribution in [2.75, 3.05) is 11.4 Å². The molecule has 1 aromatic carbocycles. The minimum Gasteiger partial charge on any atom is -0.366 e. The van der Waals surface area contributed by atoms with Gasteiger partial charge in [-0.1, -0.05) is 32.0 Å². The summed E-state index contributed by atoms with van der Waals surface area (Å²) in [5.41, 5.74) is 1.63. The summed E-state index contributed by atoms with van der Waals surface area (Å²) in [6, 6.07) is 8.42. The molecule has 122 valence electrons. The molecule has 4 rings (SSSR count). The van der Waals surface area contributed by atoms with Gasteiger partial charge in [0, 0.05) is 25.1 Å².